The van der Waals surface area contributed by atoms with E-state index >= 15 is 0 Å². The van der Waals surface area contributed by atoms with Gasteiger partial charge in [-0.2, -0.15) is 5.26 Å². The minimum Gasteiger partial charge on any atom is -0.378 e. The van der Waals surface area contributed by atoms with Gasteiger partial charge >= 0.3 is 0 Å². The summed E-state index contributed by atoms with van der Waals surface area (Å²) in [6, 6.07) is 18.7. The van der Waals surface area contributed by atoms with Crippen molar-refractivity contribution in [3.8, 4) is 17.3 Å². The zero-order chi connectivity index (χ0) is 25.3. The highest BCUT2D eigenvalue weighted by atomic mass is 32.2. The van der Waals surface area contributed by atoms with Crippen molar-refractivity contribution in [2.45, 2.75) is 18.2 Å². The first-order valence-corrected chi connectivity index (χ1v) is 12.9. The van der Waals surface area contributed by atoms with Gasteiger partial charge in [-0.15, -0.1) is 10.2 Å². The third kappa shape index (κ3) is 4.34. The molecule has 5 rings (SSSR count). The molecule has 0 saturated carbocycles. The fraction of sp³-hybridized carbons (Fsp3) is 0.231. The Hall–Kier alpha value is -4.07. The van der Waals surface area contributed by atoms with Crippen LogP contribution in [0.1, 0.15) is 22.5 Å². The van der Waals surface area contributed by atoms with E-state index in [9.17, 15) is 13.2 Å². The van der Waals surface area contributed by atoms with Crippen molar-refractivity contribution in [1.29, 1.82) is 5.26 Å². The molecule has 1 aliphatic rings. The van der Waals surface area contributed by atoms with Crippen molar-refractivity contribution in [2.24, 2.45) is 0 Å². The van der Waals surface area contributed by atoms with E-state index in [2.05, 4.69) is 15.1 Å². The van der Waals surface area contributed by atoms with Gasteiger partial charge in [-0.05, 0) is 43.3 Å². The number of rotatable bonds is 6. The SMILES string of the molecule is Cc1ccc(S(=O)(=O)n2c(C(=O)CC#N)cc3ccc(-c4ccc(N5CCOCC5)nn4)cc32)cc1. The predicted molar refractivity (Wildman–Crippen MR) is 134 cm³/mol. The summed E-state index contributed by atoms with van der Waals surface area (Å²) in [6.45, 7) is 4.62. The summed E-state index contributed by atoms with van der Waals surface area (Å²) in [7, 11) is -4.12. The molecule has 36 heavy (non-hydrogen) atoms. The molecule has 0 unspecified atom stereocenters. The first kappa shape index (κ1) is 23.7. The Morgan fingerprint density at radius 3 is 2.44 bits per heavy atom. The maximum Gasteiger partial charge on any atom is 0.268 e. The molecule has 0 N–H and O–H groups in total. The van der Waals surface area contributed by atoms with Crippen LogP contribution in [-0.2, 0) is 14.8 Å². The lowest BCUT2D eigenvalue weighted by molar-refractivity contribution is 0.0992. The third-order valence-electron chi connectivity index (χ3n) is 6.13. The number of hydrogen-bond acceptors (Lipinski definition) is 8. The molecule has 0 atom stereocenters. The van der Waals surface area contributed by atoms with Crippen LogP contribution in [0.15, 0.2) is 65.6 Å². The molecule has 3 heterocycles. The zero-order valence-corrected chi connectivity index (χ0v) is 20.4. The second-order valence-electron chi connectivity index (χ2n) is 8.52. The van der Waals surface area contributed by atoms with Gasteiger partial charge in [0.1, 0.15) is 12.1 Å². The molecule has 0 radical (unpaired) electrons. The lowest BCUT2D eigenvalue weighted by Crippen LogP contribution is -2.36. The summed E-state index contributed by atoms with van der Waals surface area (Å²) in [5, 5.41) is 18.3. The molecular formula is C26H23N5O4S. The van der Waals surface area contributed by atoms with Crippen LogP contribution in [0.3, 0.4) is 0 Å². The minimum absolute atomic E-state index is 0.0525. The summed E-state index contributed by atoms with van der Waals surface area (Å²) >= 11 is 0. The Balaban J connectivity index is 1.62. The highest BCUT2D eigenvalue weighted by Gasteiger charge is 2.26. The van der Waals surface area contributed by atoms with Crippen LogP contribution in [0.25, 0.3) is 22.2 Å². The molecule has 1 aliphatic heterocycles. The number of ether oxygens (including phenoxy) is 1. The highest BCUT2D eigenvalue weighted by molar-refractivity contribution is 7.90. The third-order valence-corrected chi connectivity index (χ3v) is 7.87. The molecule has 182 valence electrons. The lowest BCUT2D eigenvalue weighted by Gasteiger charge is -2.27. The van der Waals surface area contributed by atoms with Crippen molar-refractivity contribution in [3.63, 3.8) is 0 Å². The average molecular weight is 502 g/mol. The Morgan fingerprint density at radius 2 is 1.78 bits per heavy atom. The van der Waals surface area contributed by atoms with Crippen LogP contribution >= 0.6 is 0 Å². The summed E-state index contributed by atoms with van der Waals surface area (Å²) in [5.74, 6) is 0.179. The number of morpholine rings is 1. The predicted octanol–water partition coefficient (Wildman–Crippen LogP) is 3.58. The molecule has 10 heteroatoms. The van der Waals surface area contributed by atoms with Crippen molar-refractivity contribution >= 4 is 32.5 Å². The van der Waals surface area contributed by atoms with E-state index in [1.807, 2.05) is 31.2 Å². The number of carbonyl (C=O) groups is 1. The Morgan fingerprint density at radius 1 is 1.03 bits per heavy atom. The number of anilines is 1. The first-order chi connectivity index (χ1) is 17.4. The smallest absolute Gasteiger partial charge is 0.268 e. The molecular weight excluding hydrogens is 478 g/mol. The van der Waals surface area contributed by atoms with Crippen molar-refractivity contribution in [1.82, 2.24) is 14.2 Å². The highest BCUT2D eigenvalue weighted by Crippen LogP contribution is 2.30. The number of carbonyl (C=O) groups excluding carboxylic acids is 1. The van der Waals surface area contributed by atoms with Crippen LogP contribution in [0, 0.1) is 18.3 Å². The molecule has 0 bridgehead atoms. The number of Topliss-reactive ketones (excluding diaryl/α,β-unsaturated/α-hetero) is 1. The molecule has 2 aromatic carbocycles. The number of fused-ring (bicyclic) bond motifs is 1. The van der Waals surface area contributed by atoms with E-state index in [0.717, 1.165) is 28.4 Å². The molecule has 0 spiro atoms. The maximum atomic E-state index is 13.7. The standard InChI is InChI=1S/C26H23N5O4S/c1-18-2-6-21(7-3-18)36(33,34)31-23-16-19(4-5-20(23)17-24(31)25(32)10-11-27)22-8-9-26(29-28-22)30-12-14-35-15-13-30/h2-9,16-17H,10,12-15H2,1H3. The van der Waals surface area contributed by atoms with E-state index in [1.54, 1.807) is 24.3 Å². The van der Waals surface area contributed by atoms with Gasteiger partial charge in [-0.1, -0.05) is 29.8 Å². The minimum atomic E-state index is -4.12. The van der Waals surface area contributed by atoms with Gasteiger partial charge in [0.25, 0.3) is 10.0 Å². The fourth-order valence-corrected chi connectivity index (χ4v) is 5.73. The monoisotopic (exact) mass is 501 g/mol. The van der Waals surface area contributed by atoms with Gasteiger partial charge in [-0.25, -0.2) is 12.4 Å². The lowest BCUT2D eigenvalue weighted by atomic mass is 10.1. The number of benzene rings is 2. The molecule has 0 amide bonds. The summed E-state index contributed by atoms with van der Waals surface area (Å²) < 4.78 is 33.8. The molecule has 1 saturated heterocycles. The second kappa shape index (κ2) is 9.53. The van der Waals surface area contributed by atoms with Crippen LogP contribution < -0.4 is 4.90 Å². The van der Waals surface area contributed by atoms with E-state index in [1.165, 1.54) is 18.2 Å². The largest absolute Gasteiger partial charge is 0.378 e. The Labute approximate surface area is 208 Å². The molecule has 1 fully saturated rings. The first-order valence-electron chi connectivity index (χ1n) is 11.4. The van der Waals surface area contributed by atoms with Crippen LogP contribution in [-0.4, -0.2) is 54.7 Å². The number of ketones is 1. The molecule has 2 aromatic heterocycles. The zero-order valence-electron chi connectivity index (χ0n) is 19.6. The summed E-state index contributed by atoms with van der Waals surface area (Å²) in [6.07, 6.45) is -0.429. The van der Waals surface area contributed by atoms with E-state index in [4.69, 9.17) is 10.00 Å². The number of hydrogen-bond donors (Lipinski definition) is 0. The fourth-order valence-electron chi connectivity index (χ4n) is 4.21. The second-order valence-corrected chi connectivity index (χ2v) is 10.3. The number of aromatic nitrogens is 3. The Kier molecular flexibility index (Phi) is 6.26. The van der Waals surface area contributed by atoms with E-state index in [-0.39, 0.29) is 10.6 Å². The van der Waals surface area contributed by atoms with Gasteiger partial charge in [0.2, 0.25) is 0 Å². The number of aryl methyl sites for hydroxylation is 1. The van der Waals surface area contributed by atoms with E-state index in [0.29, 0.717) is 35.4 Å². The summed E-state index contributed by atoms with van der Waals surface area (Å²) in [5.41, 5.74) is 2.40. The molecule has 0 aliphatic carbocycles. The normalized spacial score (nSPS) is 14.1. The van der Waals surface area contributed by atoms with Gasteiger partial charge in [0.05, 0.1) is 35.4 Å². The van der Waals surface area contributed by atoms with E-state index < -0.39 is 22.2 Å². The van der Waals surface area contributed by atoms with Crippen LogP contribution in [0.4, 0.5) is 5.82 Å². The van der Waals surface area contributed by atoms with Gasteiger partial charge in [0.15, 0.2) is 11.6 Å². The quantitative estimate of drug-likeness (QED) is 0.368. The number of nitriles is 1. The topological polar surface area (TPSA) is 118 Å². The molecule has 9 nitrogen and oxygen atoms in total. The average Bonchev–Trinajstić information content (AvgIpc) is 3.30. The molecule has 4 aromatic rings. The van der Waals surface area contributed by atoms with Gasteiger partial charge < -0.3 is 9.64 Å². The van der Waals surface area contributed by atoms with Crippen LogP contribution in [0.5, 0.6) is 0 Å². The summed E-state index contributed by atoms with van der Waals surface area (Å²) in [4.78, 5) is 14.9. The van der Waals surface area contributed by atoms with Crippen molar-refractivity contribution in [3.05, 3.63) is 71.9 Å². The Bertz CT molecular complexity index is 1580. The van der Waals surface area contributed by atoms with Crippen LogP contribution in [0.2, 0.25) is 0 Å². The van der Waals surface area contributed by atoms with Gasteiger partial charge in [0, 0.05) is 24.0 Å². The number of nitrogens with zero attached hydrogens (tertiary/aromatic N) is 5. The van der Waals surface area contributed by atoms with Crippen molar-refractivity contribution < 1.29 is 17.9 Å². The van der Waals surface area contributed by atoms with Gasteiger partial charge in [-0.3, -0.25) is 4.79 Å². The van der Waals surface area contributed by atoms with Crippen molar-refractivity contribution in [2.75, 3.05) is 31.2 Å². The maximum absolute atomic E-state index is 13.7.